The van der Waals surface area contributed by atoms with Crippen molar-refractivity contribution in [3.63, 3.8) is 0 Å². The van der Waals surface area contributed by atoms with E-state index in [0.717, 1.165) is 0 Å². The van der Waals surface area contributed by atoms with Crippen LogP contribution < -0.4 is 5.32 Å². The van der Waals surface area contributed by atoms with E-state index in [1.54, 1.807) is 25.1 Å². The van der Waals surface area contributed by atoms with Gasteiger partial charge >= 0.3 is 0 Å². The first kappa shape index (κ1) is 14.2. The van der Waals surface area contributed by atoms with Gasteiger partial charge in [0.25, 0.3) is 5.91 Å². The van der Waals surface area contributed by atoms with Gasteiger partial charge in [-0.1, -0.05) is 17.3 Å². The molecule has 1 amide bonds. The fourth-order valence-corrected chi connectivity index (χ4v) is 1.66. The lowest BCUT2D eigenvalue weighted by Crippen LogP contribution is -2.26. The summed E-state index contributed by atoms with van der Waals surface area (Å²) in [6.45, 7) is 1.97. The van der Waals surface area contributed by atoms with E-state index in [1.807, 2.05) is 0 Å². The minimum absolute atomic E-state index is 0.0776. The molecule has 0 spiro atoms. The lowest BCUT2D eigenvalue weighted by Gasteiger charge is -2.04. The Labute approximate surface area is 115 Å². The lowest BCUT2D eigenvalue weighted by molar-refractivity contribution is 0.0936. The van der Waals surface area contributed by atoms with Crippen LogP contribution in [0.1, 0.15) is 23.8 Å². The van der Waals surface area contributed by atoms with E-state index in [2.05, 4.69) is 10.5 Å². The average molecular weight is 278 g/mol. The number of amides is 1. The van der Waals surface area contributed by atoms with E-state index in [0.29, 0.717) is 13.0 Å². The first-order chi connectivity index (χ1) is 9.58. The molecule has 0 aliphatic heterocycles. The van der Waals surface area contributed by atoms with Crippen LogP contribution in [0.4, 0.5) is 4.39 Å². The molecule has 20 heavy (non-hydrogen) atoms. The highest BCUT2D eigenvalue weighted by atomic mass is 19.1. The lowest BCUT2D eigenvalue weighted by atomic mass is 10.1. The maximum absolute atomic E-state index is 13.6. The molecule has 6 heteroatoms. The summed E-state index contributed by atoms with van der Waals surface area (Å²) >= 11 is 0. The molecule has 1 unspecified atom stereocenters. The van der Waals surface area contributed by atoms with E-state index in [1.165, 1.54) is 12.1 Å². The molecule has 1 heterocycles. The first-order valence-electron chi connectivity index (χ1n) is 6.26. The monoisotopic (exact) mass is 278 g/mol. The number of carbonyl (C=O) groups excluding carboxylic acids is 1. The van der Waals surface area contributed by atoms with E-state index in [9.17, 15) is 9.18 Å². The van der Waals surface area contributed by atoms with E-state index in [-0.39, 0.29) is 17.0 Å². The zero-order valence-corrected chi connectivity index (χ0v) is 11.0. The van der Waals surface area contributed by atoms with Gasteiger partial charge in [-0.2, -0.15) is 0 Å². The van der Waals surface area contributed by atoms with Crippen LogP contribution in [0.2, 0.25) is 0 Å². The second kappa shape index (κ2) is 6.29. The Kier molecular flexibility index (Phi) is 4.47. The third kappa shape index (κ3) is 3.42. The second-order valence-electron chi connectivity index (χ2n) is 4.45. The fourth-order valence-electron chi connectivity index (χ4n) is 1.66. The summed E-state index contributed by atoms with van der Waals surface area (Å²) in [6.07, 6.45) is -0.0365. The minimum atomic E-state index is -0.485. The zero-order chi connectivity index (χ0) is 14.5. The topological polar surface area (TPSA) is 75.4 Å². The van der Waals surface area contributed by atoms with Crippen molar-refractivity contribution in [3.05, 3.63) is 41.8 Å². The van der Waals surface area contributed by atoms with Crippen molar-refractivity contribution < 1.29 is 18.8 Å². The normalized spacial score (nSPS) is 12.2. The van der Waals surface area contributed by atoms with Crippen LogP contribution >= 0.6 is 0 Å². The van der Waals surface area contributed by atoms with Gasteiger partial charge in [0.05, 0.1) is 11.7 Å². The molecule has 0 saturated carbocycles. The Hall–Kier alpha value is -2.21. The number of aliphatic hydroxyl groups is 1. The van der Waals surface area contributed by atoms with Crippen LogP contribution in [0.3, 0.4) is 0 Å². The SMILES string of the molecule is CC(O)CCNC(=O)c1cc(-c2ccccc2F)on1. The molecule has 106 valence electrons. The summed E-state index contributed by atoms with van der Waals surface area (Å²) in [4.78, 5) is 11.7. The molecule has 0 saturated heterocycles. The molecule has 2 rings (SSSR count). The fraction of sp³-hybridized carbons (Fsp3) is 0.286. The number of nitrogens with one attached hydrogen (secondary N) is 1. The van der Waals surface area contributed by atoms with Crippen molar-refractivity contribution in [2.24, 2.45) is 0 Å². The predicted molar refractivity (Wildman–Crippen MR) is 70.5 cm³/mol. The van der Waals surface area contributed by atoms with Crippen LogP contribution in [0.15, 0.2) is 34.9 Å². The first-order valence-corrected chi connectivity index (χ1v) is 6.26. The molecule has 0 radical (unpaired) electrons. The van der Waals surface area contributed by atoms with Gasteiger partial charge in [-0.05, 0) is 25.5 Å². The number of aromatic nitrogens is 1. The number of benzene rings is 1. The number of hydrogen-bond donors (Lipinski definition) is 2. The summed E-state index contributed by atoms with van der Waals surface area (Å²) in [5, 5.41) is 15.3. The van der Waals surface area contributed by atoms with Crippen molar-refractivity contribution in [1.29, 1.82) is 0 Å². The number of aliphatic hydroxyl groups excluding tert-OH is 1. The van der Waals surface area contributed by atoms with Crippen molar-refractivity contribution in [2.75, 3.05) is 6.54 Å². The molecule has 1 aromatic carbocycles. The number of halogens is 1. The van der Waals surface area contributed by atoms with Gasteiger partial charge in [0.2, 0.25) is 0 Å². The molecule has 0 aliphatic carbocycles. The third-order valence-corrected chi connectivity index (χ3v) is 2.73. The minimum Gasteiger partial charge on any atom is -0.393 e. The summed E-state index contributed by atoms with van der Waals surface area (Å²) in [7, 11) is 0. The maximum atomic E-state index is 13.6. The van der Waals surface area contributed by atoms with Crippen LogP contribution in [-0.2, 0) is 0 Å². The molecule has 2 aromatic rings. The molecule has 0 aliphatic rings. The molecule has 0 bridgehead atoms. The highest BCUT2D eigenvalue weighted by molar-refractivity contribution is 5.93. The standard InChI is InChI=1S/C14H15FN2O3/c1-9(18)6-7-16-14(19)12-8-13(20-17-12)10-4-2-3-5-11(10)15/h2-5,8-9,18H,6-7H2,1H3,(H,16,19). The molecule has 1 aromatic heterocycles. The molecule has 0 fully saturated rings. The number of nitrogens with zero attached hydrogens (tertiary/aromatic N) is 1. The largest absolute Gasteiger partial charge is 0.393 e. The summed E-state index contributed by atoms with van der Waals surface area (Å²) in [6, 6.07) is 7.48. The molecule has 5 nitrogen and oxygen atoms in total. The Morgan fingerprint density at radius 1 is 1.50 bits per heavy atom. The number of rotatable bonds is 5. The van der Waals surface area contributed by atoms with Crippen LogP contribution in [0, 0.1) is 5.82 Å². The summed E-state index contributed by atoms with van der Waals surface area (Å²) < 4.78 is 18.5. The van der Waals surface area contributed by atoms with E-state index >= 15 is 0 Å². The quantitative estimate of drug-likeness (QED) is 0.877. The van der Waals surface area contributed by atoms with Crippen molar-refractivity contribution in [3.8, 4) is 11.3 Å². The van der Waals surface area contributed by atoms with Gasteiger partial charge in [-0.25, -0.2) is 4.39 Å². The summed E-state index contributed by atoms with van der Waals surface area (Å²) in [5.41, 5.74) is 0.330. The zero-order valence-electron chi connectivity index (χ0n) is 11.0. The van der Waals surface area contributed by atoms with Gasteiger partial charge in [0, 0.05) is 12.6 Å². The highest BCUT2D eigenvalue weighted by Crippen LogP contribution is 2.23. The van der Waals surface area contributed by atoms with Gasteiger partial charge in [0.1, 0.15) is 5.82 Å². The van der Waals surface area contributed by atoms with E-state index in [4.69, 9.17) is 9.63 Å². The number of carbonyl (C=O) groups is 1. The highest BCUT2D eigenvalue weighted by Gasteiger charge is 2.15. The van der Waals surface area contributed by atoms with Crippen molar-refractivity contribution in [2.45, 2.75) is 19.4 Å². The average Bonchev–Trinajstić information content (AvgIpc) is 2.88. The van der Waals surface area contributed by atoms with Crippen LogP contribution in [0.25, 0.3) is 11.3 Å². The molecular formula is C14H15FN2O3. The molecule has 2 N–H and O–H groups in total. The van der Waals surface area contributed by atoms with Crippen molar-refractivity contribution >= 4 is 5.91 Å². The van der Waals surface area contributed by atoms with Crippen LogP contribution in [0.5, 0.6) is 0 Å². The molecule has 1 atom stereocenters. The van der Waals surface area contributed by atoms with Crippen LogP contribution in [-0.4, -0.2) is 28.8 Å². The van der Waals surface area contributed by atoms with E-state index < -0.39 is 17.8 Å². The Morgan fingerprint density at radius 3 is 2.95 bits per heavy atom. The molecular weight excluding hydrogens is 263 g/mol. The smallest absolute Gasteiger partial charge is 0.273 e. The second-order valence-corrected chi connectivity index (χ2v) is 4.45. The Balaban J connectivity index is 2.06. The Bertz CT molecular complexity index is 596. The Morgan fingerprint density at radius 2 is 2.25 bits per heavy atom. The van der Waals surface area contributed by atoms with Gasteiger partial charge in [-0.15, -0.1) is 0 Å². The predicted octanol–water partition coefficient (Wildman–Crippen LogP) is 1.98. The maximum Gasteiger partial charge on any atom is 0.273 e. The number of hydrogen-bond acceptors (Lipinski definition) is 4. The third-order valence-electron chi connectivity index (χ3n) is 2.73. The summed E-state index contributed by atoms with van der Waals surface area (Å²) in [5.74, 6) is -0.662. The van der Waals surface area contributed by atoms with Crippen molar-refractivity contribution in [1.82, 2.24) is 10.5 Å². The van der Waals surface area contributed by atoms with Gasteiger partial charge < -0.3 is 14.9 Å². The van der Waals surface area contributed by atoms with Gasteiger partial charge in [0.15, 0.2) is 11.5 Å². The van der Waals surface area contributed by atoms with Gasteiger partial charge in [-0.3, -0.25) is 4.79 Å².